The van der Waals surface area contributed by atoms with Crippen LogP contribution in [-0.4, -0.2) is 17.5 Å². The maximum absolute atomic E-state index is 5.69. The van der Waals surface area contributed by atoms with Crippen molar-refractivity contribution in [3.63, 3.8) is 0 Å². The quantitative estimate of drug-likeness (QED) is 0.679. The Morgan fingerprint density at radius 3 is 2.25 bits per heavy atom. The topological polar surface area (TPSA) is 9.23 Å². The lowest BCUT2D eigenvalue weighted by molar-refractivity contribution is -0.00956. The Morgan fingerprint density at radius 2 is 1.92 bits per heavy atom. The number of rotatable bonds is 4. The first-order valence-corrected chi connectivity index (χ1v) is 5.80. The molecule has 0 spiro atoms. The van der Waals surface area contributed by atoms with Crippen LogP contribution in [0.3, 0.4) is 0 Å². The van der Waals surface area contributed by atoms with Gasteiger partial charge in [-0.15, -0.1) is 0 Å². The molecule has 1 fully saturated rings. The van der Waals surface area contributed by atoms with Crippen LogP contribution in [0.4, 0.5) is 0 Å². The van der Waals surface area contributed by atoms with Crippen LogP contribution in [0.5, 0.6) is 0 Å². The van der Waals surface area contributed by atoms with Crippen molar-refractivity contribution in [2.75, 3.05) is 11.9 Å². The Morgan fingerprint density at radius 1 is 1.33 bits per heavy atom. The van der Waals surface area contributed by atoms with Crippen molar-refractivity contribution in [1.82, 2.24) is 0 Å². The van der Waals surface area contributed by atoms with Crippen molar-refractivity contribution in [3.05, 3.63) is 0 Å². The molecule has 2 heteroatoms. The highest BCUT2D eigenvalue weighted by Gasteiger charge is 2.40. The third kappa shape index (κ3) is 3.44. The van der Waals surface area contributed by atoms with Gasteiger partial charge in [0.05, 0.1) is 5.60 Å². The smallest absolute Gasteiger partial charge is 0.0598 e. The van der Waals surface area contributed by atoms with Gasteiger partial charge < -0.3 is 4.74 Å². The standard InChI is InChI=1S/C10H19BrO/c1-9(2,3)12-7-6-10(8-11)4-5-10/h4-8H2,1-3H3. The van der Waals surface area contributed by atoms with E-state index in [-0.39, 0.29) is 5.60 Å². The van der Waals surface area contributed by atoms with Crippen LogP contribution in [-0.2, 0) is 4.74 Å². The van der Waals surface area contributed by atoms with Gasteiger partial charge in [-0.05, 0) is 45.4 Å². The monoisotopic (exact) mass is 234 g/mol. The number of alkyl halides is 1. The highest BCUT2D eigenvalue weighted by Crippen LogP contribution is 2.50. The second kappa shape index (κ2) is 3.67. The van der Waals surface area contributed by atoms with Gasteiger partial charge in [0.2, 0.25) is 0 Å². The molecule has 0 atom stereocenters. The minimum absolute atomic E-state index is 0.0302. The molecule has 0 saturated heterocycles. The summed E-state index contributed by atoms with van der Waals surface area (Å²) >= 11 is 3.56. The molecule has 0 heterocycles. The molecule has 0 aromatic rings. The van der Waals surface area contributed by atoms with Crippen LogP contribution in [0.1, 0.15) is 40.0 Å². The van der Waals surface area contributed by atoms with Crippen molar-refractivity contribution < 1.29 is 4.74 Å². The zero-order valence-electron chi connectivity index (χ0n) is 8.32. The van der Waals surface area contributed by atoms with E-state index in [2.05, 4.69) is 36.7 Å². The Labute approximate surface area is 84.0 Å². The van der Waals surface area contributed by atoms with Gasteiger partial charge in [0.1, 0.15) is 0 Å². The number of halogens is 1. The van der Waals surface area contributed by atoms with E-state index in [1.165, 1.54) is 19.3 Å². The average Bonchev–Trinajstić information content (AvgIpc) is 2.67. The normalized spacial score (nSPS) is 21.0. The Bertz CT molecular complexity index is 144. The highest BCUT2D eigenvalue weighted by atomic mass is 79.9. The van der Waals surface area contributed by atoms with Crippen LogP contribution >= 0.6 is 15.9 Å². The molecule has 0 aromatic heterocycles. The lowest BCUT2D eigenvalue weighted by atomic mass is 10.1. The summed E-state index contributed by atoms with van der Waals surface area (Å²) in [7, 11) is 0. The van der Waals surface area contributed by atoms with Gasteiger partial charge in [-0.2, -0.15) is 0 Å². The molecule has 1 saturated carbocycles. The fourth-order valence-electron chi connectivity index (χ4n) is 1.20. The zero-order chi connectivity index (χ0) is 9.24. The number of hydrogen-bond donors (Lipinski definition) is 0. The van der Waals surface area contributed by atoms with Gasteiger partial charge in [-0.1, -0.05) is 15.9 Å². The van der Waals surface area contributed by atoms with Crippen LogP contribution in [0, 0.1) is 5.41 Å². The predicted molar refractivity (Wildman–Crippen MR) is 55.8 cm³/mol. The summed E-state index contributed by atoms with van der Waals surface area (Å²) in [6, 6.07) is 0. The van der Waals surface area contributed by atoms with Crippen LogP contribution in [0.15, 0.2) is 0 Å². The molecular weight excluding hydrogens is 216 g/mol. The minimum atomic E-state index is 0.0302. The van der Waals surface area contributed by atoms with Gasteiger partial charge >= 0.3 is 0 Å². The first-order valence-electron chi connectivity index (χ1n) is 4.67. The second-order valence-electron chi connectivity index (χ2n) is 4.84. The maximum atomic E-state index is 5.69. The largest absolute Gasteiger partial charge is 0.376 e. The summed E-state index contributed by atoms with van der Waals surface area (Å²) in [6.45, 7) is 7.25. The fraction of sp³-hybridized carbons (Fsp3) is 1.00. The summed E-state index contributed by atoms with van der Waals surface area (Å²) in [6.07, 6.45) is 3.98. The van der Waals surface area contributed by atoms with Crippen LogP contribution in [0.25, 0.3) is 0 Å². The van der Waals surface area contributed by atoms with Gasteiger partial charge in [-0.3, -0.25) is 0 Å². The summed E-state index contributed by atoms with van der Waals surface area (Å²) in [4.78, 5) is 0. The van der Waals surface area contributed by atoms with Gasteiger partial charge in [0.15, 0.2) is 0 Å². The molecule has 0 amide bonds. The molecule has 1 aliphatic carbocycles. The van der Waals surface area contributed by atoms with E-state index in [0.29, 0.717) is 5.41 Å². The van der Waals surface area contributed by atoms with Crippen molar-refractivity contribution in [3.8, 4) is 0 Å². The van der Waals surface area contributed by atoms with E-state index in [4.69, 9.17) is 4.74 Å². The first-order chi connectivity index (χ1) is 5.47. The second-order valence-corrected chi connectivity index (χ2v) is 5.41. The Balaban J connectivity index is 2.10. The molecule has 0 bridgehead atoms. The van der Waals surface area contributed by atoms with E-state index in [1.54, 1.807) is 0 Å². The van der Waals surface area contributed by atoms with Gasteiger partial charge in [0.25, 0.3) is 0 Å². The van der Waals surface area contributed by atoms with Gasteiger partial charge in [-0.25, -0.2) is 0 Å². The third-order valence-electron chi connectivity index (χ3n) is 2.41. The predicted octanol–water partition coefficient (Wildman–Crippen LogP) is 3.37. The summed E-state index contributed by atoms with van der Waals surface area (Å²) in [5, 5.41) is 1.15. The highest BCUT2D eigenvalue weighted by molar-refractivity contribution is 9.09. The summed E-state index contributed by atoms with van der Waals surface area (Å²) in [5.74, 6) is 0. The SMILES string of the molecule is CC(C)(C)OCCC1(CBr)CC1. The number of ether oxygens (including phenoxy) is 1. The van der Waals surface area contributed by atoms with E-state index in [0.717, 1.165) is 11.9 Å². The molecule has 1 aliphatic rings. The number of hydrogen-bond acceptors (Lipinski definition) is 1. The van der Waals surface area contributed by atoms with Gasteiger partial charge in [0, 0.05) is 11.9 Å². The summed E-state index contributed by atoms with van der Waals surface area (Å²) in [5.41, 5.74) is 0.633. The lowest BCUT2D eigenvalue weighted by Crippen LogP contribution is -2.21. The maximum Gasteiger partial charge on any atom is 0.0598 e. The molecule has 72 valence electrons. The zero-order valence-corrected chi connectivity index (χ0v) is 9.91. The molecule has 0 unspecified atom stereocenters. The van der Waals surface area contributed by atoms with Crippen LogP contribution < -0.4 is 0 Å². The van der Waals surface area contributed by atoms with Crippen molar-refractivity contribution in [2.24, 2.45) is 5.41 Å². The van der Waals surface area contributed by atoms with Crippen molar-refractivity contribution in [2.45, 2.75) is 45.6 Å². The molecule has 0 aromatic carbocycles. The van der Waals surface area contributed by atoms with Crippen molar-refractivity contribution in [1.29, 1.82) is 0 Å². The van der Waals surface area contributed by atoms with E-state index < -0.39 is 0 Å². The van der Waals surface area contributed by atoms with E-state index in [9.17, 15) is 0 Å². The molecule has 0 N–H and O–H groups in total. The minimum Gasteiger partial charge on any atom is -0.376 e. The first kappa shape index (κ1) is 10.5. The Hall–Kier alpha value is 0.440. The van der Waals surface area contributed by atoms with E-state index in [1.807, 2.05) is 0 Å². The molecule has 0 aliphatic heterocycles. The van der Waals surface area contributed by atoms with E-state index >= 15 is 0 Å². The Kier molecular flexibility index (Phi) is 3.21. The molecule has 0 radical (unpaired) electrons. The lowest BCUT2D eigenvalue weighted by Gasteiger charge is -2.21. The van der Waals surface area contributed by atoms with Crippen molar-refractivity contribution >= 4 is 15.9 Å². The molecule has 1 nitrogen and oxygen atoms in total. The van der Waals surface area contributed by atoms with Crippen LogP contribution in [0.2, 0.25) is 0 Å². The molecule has 12 heavy (non-hydrogen) atoms. The summed E-state index contributed by atoms with van der Waals surface area (Å²) < 4.78 is 5.69. The molecule has 1 rings (SSSR count). The average molecular weight is 235 g/mol. The molecular formula is C10H19BrO. The fourth-order valence-corrected chi connectivity index (χ4v) is 2.04. The third-order valence-corrected chi connectivity index (χ3v) is 3.60.